The van der Waals surface area contributed by atoms with Gasteiger partial charge in [-0.15, -0.1) is 0 Å². The normalized spacial score (nSPS) is 11.0. The molecule has 1 heterocycles. The van der Waals surface area contributed by atoms with Gasteiger partial charge in [-0.1, -0.05) is 37.7 Å². The van der Waals surface area contributed by atoms with Crippen molar-refractivity contribution in [3.8, 4) is 5.69 Å². The van der Waals surface area contributed by atoms with E-state index in [1.165, 1.54) is 17.3 Å². The summed E-state index contributed by atoms with van der Waals surface area (Å²) in [5.74, 6) is 0.242. The number of imidazole rings is 1. The third kappa shape index (κ3) is 5.63. The van der Waals surface area contributed by atoms with Crippen LogP contribution in [0.25, 0.3) is 5.69 Å². The van der Waals surface area contributed by atoms with Crippen LogP contribution < -0.4 is 10.6 Å². The second-order valence-electron chi connectivity index (χ2n) is 6.29. The van der Waals surface area contributed by atoms with Gasteiger partial charge in [0.25, 0.3) is 0 Å². The highest BCUT2D eigenvalue weighted by Crippen LogP contribution is 2.22. The van der Waals surface area contributed by atoms with E-state index < -0.39 is 6.03 Å². The molecule has 1 aromatic heterocycles. The van der Waals surface area contributed by atoms with E-state index in [0.717, 1.165) is 5.69 Å². The number of hydrogen-bond donors (Lipinski definition) is 2. The van der Waals surface area contributed by atoms with Gasteiger partial charge in [0, 0.05) is 24.1 Å². The van der Waals surface area contributed by atoms with E-state index in [2.05, 4.69) is 41.6 Å². The molecule has 0 aliphatic carbocycles. The number of thioether (sulfide) groups is 1. The molecule has 25 heavy (non-hydrogen) atoms. The second-order valence-corrected chi connectivity index (χ2v) is 7.23. The van der Waals surface area contributed by atoms with Crippen molar-refractivity contribution in [3.05, 3.63) is 42.2 Å². The minimum absolute atomic E-state index is 0.0202. The zero-order chi connectivity index (χ0) is 18.4. The van der Waals surface area contributed by atoms with Gasteiger partial charge in [0.1, 0.15) is 0 Å². The van der Waals surface area contributed by atoms with E-state index in [4.69, 9.17) is 0 Å². The van der Waals surface area contributed by atoms with Crippen molar-refractivity contribution in [1.82, 2.24) is 20.2 Å². The Morgan fingerprint density at radius 1 is 1.16 bits per heavy atom. The molecule has 2 N–H and O–H groups in total. The number of carbonyl (C=O) groups excluding carboxylic acids is 2. The minimum atomic E-state index is -0.479. The van der Waals surface area contributed by atoms with Crippen LogP contribution in [0.4, 0.5) is 4.79 Å². The van der Waals surface area contributed by atoms with E-state index in [9.17, 15) is 9.59 Å². The lowest BCUT2D eigenvalue weighted by Gasteiger charge is -2.11. The highest BCUT2D eigenvalue weighted by Gasteiger charge is 2.12. The first-order valence-electron chi connectivity index (χ1n) is 8.23. The molecule has 0 aliphatic rings. The third-order valence-electron chi connectivity index (χ3n) is 3.45. The summed E-state index contributed by atoms with van der Waals surface area (Å²) in [6.07, 6.45) is 3.55. The number of rotatable bonds is 6. The predicted molar refractivity (Wildman–Crippen MR) is 100 cm³/mol. The Bertz CT molecular complexity index is 723. The van der Waals surface area contributed by atoms with Crippen molar-refractivity contribution in [2.24, 2.45) is 0 Å². The smallest absolute Gasteiger partial charge is 0.321 e. The Hall–Kier alpha value is -2.28. The van der Waals surface area contributed by atoms with Crippen molar-refractivity contribution in [2.45, 2.75) is 44.8 Å². The number of imide groups is 1. The first kappa shape index (κ1) is 19.1. The molecular weight excluding hydrogens is 336 g/mol. The van der Waals surface area contributed by atoms with Crippen LogP contribution in [0.1, 0.15) is 39.2 Å². The van der Waals surface area contributed by atoms with E-state index in [1.54, 1.807) is 6.20 Å². The number of amides is 3. The average molecular weight is 360 g/mol. The number of hydrogen-bond acceptors (Lipinski definition) is 4. The zero-order valence-electron chi connectivity index (χ0n) is 14.9. The maximum absolute atomic E-state index is 11.9. The Morgan fingerprint density at radius 3 is 2.44 bits per heavy atom. The van der Waals surface area contributed by atoms with Crippen molar-refractivity contribution < 1.29 is 9.59 Å². The van der Waals surface area contributed by atoms with Crippen molar-refractivity contribution >= 4 is 23.7 Å². The monoisotopic (exact) mass is 360 g/mol. The molecule has 0 spiro atoms. The molecule has 1 aromatic carbocycles. The summed E-state index contributed by atoms with van der Waals surface area (Å²) < 4.78 is 1.93. The van der Waals surface area contributed by atoms with Crippen LogP contribution in [0, 0.1) is 0 Å². The molecule has 6 nitrogen and oxygen atoms in total. The third-order valence-corrected chi connectivity index (χ3v) is 4.42. The summed E-state index contributed by atoms with van der Waals surface area (Å²) in [5.41, 5.74) is 2.26. The van der Waals surface area contributed by atoms with Gasteiger partial charge >= 0.3 is 6.03 Å². The van der Waals surface area contributed by atoms with Crippen LogP contribution in [0.15, 0.2) is 41.8 Å². The van der Waals surface area contributed by atoms with Gasteiger partial charge in [-0.3, -0.25) is 14.7 Å². The quantitative estimate of drug-likeness (QED) is 0.775. The molecular formula is C18H24N4O2S. The number of carbonyl (C=O) groups is 2. The lowest BCUT2D eigenvalue weighted by Crippen LogP contribution is -2.43. The summed E-state index contributed by atoms with van der Waals surface area (Å²) in [7, 11) is 0. The predicted octanol–water partition coefficient (Wildman–Crippen LogP) is 3.32. The average Bonchev–Trinajstić information content (AvgIpc) is 3.00. The van der Waals surface area contributed by atoms with Gasteiger partial charge in [0.2, 0.25) is 5.91 Å². The summed E-state index contributed by atoms with van der Waals surface area (Å²) in [4.78, 5) is 27.7. The molecule has 3 amide bonds. The molecule has 0 aliphatic heterocycles. The lowest BCUT2D eigenvalue weighted by atomic mass is 10.0. The van der Waals surface area contributed by atoms with Crippen LogP contribution in [0.5, 0.6) is 0 Å². The number of aromatic nitrogens is 2. The van der Waals surface area contributed by atoms with Gasteiger partial charge in [-0.2, -0.15) is 0 Å². The molecule has 2 rings (SSSR count). The van der Waals surface area contributed by atoms with E-state index in [-0.39, 0.29) is 17.7 Å². The minimum Gasteiger partial charge on any atom is -0.336 e. The van der Waals surface area contributed by atoms with Crippen LogP contribution in [0.3, 0.4) is 0 Å². The van der Waals surface area contributed by atoms with Crippen molar-refractivity contribution in [3.63, 3.8) is 0 Å². The van der Waals surface area contributed by atoms with Gasteiger partial charge in [-0.05, 0) is 37.5 Å². The summed E-state index contributed by atoms with van der Waals surface area (Å²) in [6, 6.07) is 7.77. The van der Waals surface area contributed by atoms with Gasteiger partial charge < -0.3 is 5.32 Å². The Balaban J connectivity index is 1.97. The molecule has 134 valence electrons. The molecule has 0 unspecified atom stereocenters. The number of urea groups is 1. The summed E-state index contributed by atoms with van der Waals surface area (Å²) in [5, 5.41) is 5.63. The topological polar surface area (TPSA) is 76.0 Å². The highest BCUT2D eigenvalue weighted by atomic mass is 32.2. The molecule has 2 aromatic rings. The van der Waals surface area contributed by atoms with Crippen LogP contribution >= 0.6 is 11.8 Å². The molecule has 0 radical (unpaired) electrons. The van der Waals surface area contributed by atoms with Crippen LogP contribution in [0.2, 0.25) is 0 Å². The largest absolute Gasteiger partial charge is 0.336 e. The second kappa shape index (κ2) is 8.71. The SMILES string of the molecule is CC(C)NC(=O)NC(=O)CSc1nccn1-c1ccc(C(C)C)cc1. The fraction of sp³-hybridized carbons (Fsp3) is 0.389. The molecule has 0 atom stereocenters. The first-order chi connectivity index (χ1) is 11.9. The number of nitrogens with zero attached hydrogens (tertiary/aromatic N) is 2. The molecule has 0 fully saturated rings. The molecule has 0 bridgehead atoms. The lowest BCUT2D eigenvalue weighted by molar-refractivity contribution is -0.117. The summed E-state index contributed by atoms with van der Waals surface area (Å²) in [6.45, 7) is 7.98. The Morgan fingerprint density at radius 2 is 1.84 bits per heavy atom. The van der Waals surface area contributed by atoms with Crippen molar-refractivity contribution in [1.29, 1.82) is 0 Å². The number of nitrogens with one attached hydrogen (secondary N) is 2. The summed E-state index contributed by atoms with van der Waals surface area (Å²) >= 11 is 1.29. The number of benzene rings is 1. The maximum atomic E-state index is 11.9. The van der Waals surface area contributed by atoms with Gasteiger partial charge in [0.05, 0.1) is 5.75 Å². The van der Waals surface area contributed by atoms with Gasteiger partial charge in [-0.25, -0.2) is 9.78 Å². The zero-order valence-corrected chi connectivity index (χ0v) is 15.8. The first-order valence-corrected chi connectivity index (χ1v) is 9.22. The molecule has 7 heteroatoms. The Labute approximate surface area is 152 Å². The fourth-order valence-electron chi connectivity index (χ4n) is 2.20. The highest BCUT2D eigenvalue weighted by molar-refractivity contribution is 7.99. The molecule has 0 saturated carbocycles. The van der Waals surface area contributed by atoms with E-state index in [1.807, 2.05) is 36.7 Å². The maximum Gasteiger partial charge on any atom is 0.321 e. The van der Waals surface area contributed by atoms with E-state index in [0.29, 0.717) is 11.1 Å². The standard InChI is InChI=1S/C18H24N4O2S/c1-12(2)14-5-7-15(8-6-14)22-10-9-19-18(22)25-11-16(23)21-17(24)20-13(3)4/h5-10,12-13H,11H2,1-4H3,(H2,20,21,23,24). The van der Waals surface area contributed by atoms with Crippen LogP contribution in [-0.4, -0.2) is 33.3 Å². The van der Waals surface area contributed by atoms with E-state index >= 15 is 0 Å². The fourth-order valence-corrected chi connectivity index (χ4v) is 2.98. The molecule has 0 saturated heterocycles. The Kier molecular flexibility index (Phi) is 6.64. The van der Waals surface area contributed by atoms with Gasteiger partial charge in [0.15, 0.2) is 5.16 Å². The van der Waals surface area contributed by atoms with Crippen LogP contribution in [-0.2, 0) is 4.79 Å². The van der Waals surface area contributed by atoms with Crippen molar-refractivity contribution in [2.75, 3.05) is 5.75 Å².